The molecule has 0 radical (unpaired) electrons. The molecule has 13 heavy (non-hydrogen) atoms. The second-order valence-electron chi connectivity index (χ2n) is 3.03. The molecule has 0 saturated carbocycles. The number of hydrogen-bond acceptors (Lipinski definition) is 1. The Balaban J connectivity index is 2.63. The maximum atomic E-state index is 8.90. The van der Waals surface area contributed by atoms with Crippen molar-refractivity contribution in [2.45, 2.75) is 12.8 Å². The molecule has 0 aliphatic heterocycles. The van der Waals surface area contributed by atoms with E-state index in [1.807, 2.05) is 24.3 Å². The van der Waals surface area contributed by atoms with E-state index in [2.05, 4.69) is 22.0 Å². The fourth-order valence-corrected chi connectivity index (χ4v) is 2.21. The zero-order valence-corrected chi connectivity index (χ0v) is 8.63. The average Bonchev–Trinajstić information content (AvgIpc) is 2.18. The van der Waals surface area contributed by atoms with Gasteiger partial charge < -0.3 is 0 Å². The van der Waals surface area contributed by atoms with Crippen molar-refractivity contribution in [3.63, 3.8) is 0 Å². The smallest absolute Gasteiger partial charge is 0.0994 e. The number of nitrogens with zero attached hydrogens (tertiary/aromatic N) is 1. The maximum absolute atomic E-state index is 8.90. The molecule has 0 fully saturated rings. The molecule has 1 aromatic rings. The standard InChI is InChI=1S/C11H8BrN/c12-11-6-2-4-9-8(7-13)3-1-5-10(9)11/h2-4,6H,1,5H2. The summed E-state index contributed by atoms with van der Waals surface area (Å²) in [5, 5.41) is 8.90. The van der Waals surface area contributed by atoms with Crippen LogP contribution in [0.2, 0.25) is 0 Å². The van der Waals surface area contributed by atoms with Crippen molar-refractivity contribution in [3.8, 4) is 6.07 Å². The van der Waals surface area contributed by atoms with Crippen LogP contribution < -0.4 is 0 Å². The van der Waals surface area contributed by atoms with E-state index in [-0.39, 0.29) is 0 Å². The monoisotopic (exact) mass is 233 g/mol. The van der Waals surface area contributed by atoms with E-state index in [1.165, 1.54) is 5.56 Å². The van der Waals surface area contributed by atoms with E-state index in [0.717, 1.165) is 28.5 Å². The molecule has 0 bridgehead atoms. The highest BCUT2D eigenvalue weighted by Gasteiger charge is 2.13. The van der Waals surface area contributed by atoms with Crippen molar-refractivity contribution in [1.29, 1.82) is 5.26 Å². The molecule has 0 saturated heterocycles. The molecule has 0 spiro atoms. The lowest BCUT2D eigenvalue weighted by Crippen LogP contribution is -1.99. The third-order valence-electron chi connectivity index (χ3n) is 2.27. The summed E-state index contributed by atoms with van der Waals surface area (Å²) in [5.41, 5.74) is 3.16. The first kappa shape index (κ1) is 8.52. The lowest BCUT2D eigenvalue weighted by molar-refractivity contribution is 0.973. The summed E-state index contributed by atoms with van der Waals surface area (Å²) in [6.45, 7) is 0. The molecule has 0 amide bonds. The lowest BCUT2D eigenvalue weighted by atomic mass is 9.92. The van der Waals surface area contributed by atoms with Gasteiger partial charge in [-0.15, -0.1) is 0 Å². The van der Waals surface area contributed by atoms with Gasteiger partial charge in [-0.1, -0.05) is 34.1 Å². The normalized spacial score (nSPS) is 14.3. The van der Waals surface area contributed by atoms with Crippen LogP contribution in [0.5, 0.6) is 0 Å². The summed E-state index contributed by atoms with van der Waals surface area (Å²) in [6.07, 6.45) is 4.01. The highest BCUT2D eigenvalue weighted by Crippen LogP contribution is 2.30. The molecule has 1 aromatic carbocycles. The molecule has 1 nitrogen and oxygen atoms in total. The highest BCUT2D eigenvalue weighted by molar-refractivity contribution is 9.10. The van der Waals surface area contributed by atoms with Crippen LogP contribution in [0.4, 0.5) is 0 Å². The van der Waals surface area contributed by atoms with Crippen LogP contribution in [0, 0.1) is 11.3 Å². The predicted molar refractivity (Wildman–Crippen MR) is 56.1 cm³/mol. The van der Waals surface area contributed by atoms with E-state index >= 15 is 0 Å². The van der Waals surface area contributed by atoms with Crippen molar-refractivity contribution in [2.75, 3.05) is 0 Å². The van der Waals surface area contributed by atoms with Crippen LogP contribution in [-0.2, 0) is 6.42 Å². The SMILES string of the molecule is N#CC1=CCCc2c(Br)cccc21. The van der Waals surface area contributed by atoms with Crippen molar-refractivity contribution in [2.24, 2.45) is 0 Å². The Kier molecular flexibility index (Phi) is 2.20. The Hall–Kier alpha value is -1.07. The minimum absolute atomic E-state index is 0.808. The summed E-state index contributed by atoms with van der Waals surface area (Å²) >= 11 is 3.50. The molecule has 0 unspecified atom stereocenters. The van der Waals surface area contributed by atoms with Crippen LogP contribution in [0.1, 0.15) is 17.5 Å². The van der Waals surface area contributed by atoms with Gasteiger partial charge in [0.15, 0.2) is 0 Å². The molecule has 1 aliphatic rings. The fraction of sp³-hybridized carbons (Fsp3) is 0.182. The minimum Gasteiger partial charge on any atom is -0.192 e. The van der Waals surface area contributed by atoms with Crippen molar-refractivity contribution in [3.05, 3.63) is 39.9 Å². The molecular weight excluding hydrogens is 226 g/mol. The quantitative estimate of drug-likeness (QED) is 0.675. The van der Waals surface area contributed by atoms with E-state index in [0.29, 0.717) is 0 Å². The van der Waals surface area contributed by atoms with E-state index in [9.17, 15) is 0 Å². The number of hydrogen-bond donors (Lipinski definition) is 0. The minimum atomic E-state index is 0.808. The number of halogens is 1. The van der Waals surface area contributed by atoms with Crippen LogP contribution >= 0.6 is 15.9 Å². The number of benzene rings is 1. The number of allylic oxidation sites excluding steroid dienone is 2. The van der Waals surface area contributed by atoms with Crippen LogP contribution in [0.3, 0.4) is 0 Å². The van der Waals surface area contributed by atoms with Crippen molar-refractivity contribution in [1.82, 2.24) is 0 Å². The Morgan fingerprint density at radius 2 is 2.23 bits per heavy atom. The van der Waals surface area contributed by atoms with Crippen LogP contribution in [-0.4, -0.2) is 0 Å². The second kappa shape index (κ2) is 3.35. The number of fused-ring (bicyclic) bond motifs is 1. The lowest BCUT2D eigenvalue weighted by Gasteiger charge is -2.14. The summed E-state index contributed by atoms with van der Waals surface area (Å²) in [6, 6.07) is 8.23. The molecule has 0 aromatic heterocycles. The molecule has 0 atom stereocenters. The first-order valence-electron chi connectivity index (χ1n) is 4.21. The molecule has 2 heteroatoms. The van der Waals surface area contributed by atoms with Crippen LogP contribution in [0.15, 0.2) is 28.7 Å². The van der Waals surface area contributed by atoms with Gasteiger partial charge in [-0.05, 0) is 30.0 Å². The topological polar surface area (TPSA) is 23.8 Å². The number of rotatable bonds is 0. The van der Waals surface area contributed by atoms with E-state index in [1.54, 1.807) is 0 Å². The van der Waals surface area contributed by atoms with E-state index < -0.39 is 0 Å². The van der Waals surface area contributed by atoms with Gasteiger partial charge in [-0.3, -0.25) is 0 Å². The second-order valence-corrected chi connectivity index (χ2v) is 3.89. The fourth-order valence-electron chi connectivity index (χ4n) is 1.64. The van der Waals surface area contributed by atoms with E-state index in [4.69, 9.17) is 5.26 Å². The van der Waals surface area contributed by atoms with Gasteiger partial charge in [0.2, 0.25) is 0 Å². The van der Waals surface area contributed by atoms with Gasteiger partial charge in [0, 0.05) is 4.47 Å². The average molecular weight is 234 g/mol. The predicted octanol–water partition coefficient (Wildman–Crippen LogP) is 3.30. The molecular formula is C11H8BrN. The van der Waals surface area contributed by atoms with Gasteiger partial charge in [0.1, 0.15) is 0 Å². The third kappa shape index (κ3) is 1.40. The Bertz CT molecular complexity index is 413. The van der Waals surface area contributed by atoms with Gasteiger partial charge in [-0.25, -0.2) is 0 Å². The summed E-state index contributed by atoms with van der Waals surface area (Å²) in [7, 11) is 0. The molecule has 64 valence electrons. The van der Waals surface area contributed by atoms with Gasteiger partial charge in [0.25, 0.3) is 0 Å². The van der Waals surface area contributed by atoms with Gasteiger partial charge in [-0.2, -0.15) is 5.26 Å². The highest BCUT2D eigenvalue weighted by atomic mass is 79.9. The number of nitriles is 1. The Labute approximate surface area is 85.8 Å². The molecule has 0 heterocycles. The zero-order chi connectivity index (χ0) is 9.26. The summed E-state index contributed by atoms with van der Waals surface area (Å²) < 4.78 is 1.12. The largest absolute Gasteiger partial charge is 0.192 e. The first-order chi connectivity index (χ1) is 6.33. The van der Waals surface area contributed by atoms with Crippen molar-refractivity contribution >= 4 is 21.5 Å². The first-order valence-corrected chi connectivity index (χ1v) is 5.00. The van der Waals surface area contributed by atoms with Gasteiger partial charge >= 0.3 is 0 Å². The molecule has 0 N–H and O–H groups in total. The molecule has 1 aliphatic carbocycles. The Morgan fingerprint density at radius 1 is 1.38 bits per heavy atom. The van der Waals surface area contributed by atoms with Crippen molar-refractivity contribution < 1.29 is 0 Å². The Morgan fingerprint density at radius 3 is 3.00 bits per heavy atom. The third-order valence-corrected chi connectivity index (χ3v) is 3.02. The van der Waals surface area contributed by atoms with Crippen LogP contribution in [0.25, 0.3) is 5.57 Å². The van der Waals surface area contributed by atoms with Gasteiger partial charge in [0.05, 0.1) is 11.6 Å². The zero-order valence-electron chi connectivity index (χ0n) is 7.05. The summed E-state index contributed by atoms with van der Waals surface area (Å²) in [5.74, 6) is 0. The summed E-state index contributed by atoms with van der Waals surface area (Å²) in [4.78, 5) is 0. The molecule has 2 rings (SSSR count). The maximum Gasteiger partial charge on any atom is 0.0994 e.